The van der Waals surface area contributed by atoms with Gasteiger partial charge in [-0.05, 0) is 48.8 Å². The summed E-state index contributed by atoms with van der Waals surface area (Å²) in [6.45, 7) is 4.80. The van der Waals surface area contributed by atoms with E-state index in [4.69, 9.17) is 4.74 Å². The number of urea groups is 1. The highest BCUT2D eigenvalue weighted by molar-refractivity contribution is 5.74. The third kappa shape index (κ3) is 5.41. The zero-order chi connectivity index (χ0) is 17.5. The van der Waals surface area contributed by atoms with Gasteiger partial charge in [-0.25, -0.2) is 4.79 Å². The van der Waals surface area contributed by atoms with Gasteiger partial charge in [-0.2, -0.15) is 0 Å². The highest BCUT2D eigenvalue weighted by Gasteiger charge is 2.22. The van der Waals surface area contributed by atoms with E-state index < -0.39 is 0 Å². The van der Waals surface area contributed by atoms with Crippen molar-refractivity contribution in [3.05, 3.63) is 29.8 Å². The number of hydrogen-bond acceptors (Lipinski definition) is 3. The first-order valence-corrected chi connectivity index (χ1v) is 8.86. The second-order valence-corrected chi connectivity index (χ2v) is 7.04. The lowest BCUT2D eigenvalue weighted by Crippen LogP contribution is -2.42. The predicted octanol–water partition coefficient (Wildman–Crippen LogP) is 3.24. The van der Waals surface area contributed by atoms with Crippen LogP contribution in [0.1, 0.15) is 51.1 Å². The highest BCUT2D eigenvalue weighted by Crippen LogP contribution is 2.25. The summed E-state index contributed by atoms with van der Waals surface area (Å²) in [4.78, 5) is 12.3. The van der Waals surface area contributed by atoms with Crippen molar-refractivity contribution in [1.82, 2.24) is 10.6 Å². The Hall–Kier alpha value is -1.75. The largest absolute Gasteiger partial charge is 0.497 e. The number of hydrogen-bond donors (Lipinski definition) is 3. The Morgan fingerprint density at radius 1 is 1.29 bits per heavy atom. The van der Waals surface area contributed by atoms with Crippen molar-refractivity contribution in [2.24, 2.45) is 11.8 Å². The number of ether oxygens (including phenoxy) is 1. The molecule has 5 nitrogen and oxygen atoms in total. The fourth-order valence-corrected chi connectivity index (χ4v) is 3.32. The second kappa shape index (κ2) is 8.92. The molecule has 0 heterocycles. The molecule has 3 unspecified atom stereocenters. The summed E-state index contributed by atoms with van der Waals surface area (Å²) in [5.41, 5.74) is 1.06. The molecule has 134 valence electrons. The number of amides is 2. The Balaban J connectivity index is 1.88. The maximum atomic E-state index is 12.3. The Bertz CT molecular complexity index is 516. The van der Waals surface area contributed by atoms with E-state index in [9.17, 15) is 9.90 Å². The van der Waals surface area contributed by atoms with E-state index in [0.29, 0.717) is 12.5 Å². The van der Waals surface area contributed by atoms with Gasteiger partial charge in [0.1, 0.15) is 5.75 Å². The maximum absolute atomic E-state index is 12.3. The molecule has 1 aliphatic rings. The van der Waals surface area contributed by atoms with Crippen LogP contribution in [0.3, 0.4) is 0 Å². The van der Waals surface area contributed by atoms with Crippen molar-refractivity contribution < 1.29 is 14.6 Å². The molecule has 0 aliphatic heterocycles. The molecule has 0 saturated heterocycles. The zero-order valence-electron chi connectivity index (χ0n) is 14.9. The molecule has 2 amide bonds. The first kappa shape index (κ1) is 18.6. The van der Waals surface area contributed by atoms with Crippen LogP contribution in [0.2, 0.25) is 0 Å². The van der Waals surface area contributed by atoms with E-state index in [2.05, 4.69) is 24.5 Å². The molecule has 24 heavy (non-hydrogen) atoms. The van der Waals surface area contributed by atoms with Crippen molar-refractivity contribution in [3.63, 3.8) is 0 Å². The standard InChI is InChI=1S/C19H30N2O3/c1-13(2)18(15-7-9-17(24-3)10-8-15)21-19(23)20-12-14-5-4-6-16(22)11-14/h7-10,13-14,16,18,22H,4-6,11-12H2,1-3H3,(H2,20,21,23). The third-order valence-electron chi connectivity index (χ3n) is 4.73. The molecule has 1 aliphatic carbocycles. The van der Waals surface area contributed by atoms with E-state index >= 15 is 0 Å². The number of benzene rings is 1. The third-order valence-corrected chi connectivity index (χ3v) is 4.73. The molecule has 3 atom stereocenters. The Kier molecular flexibility index (Phi) is 6.91. The van der Waals surface area contributed by atoms with Crippen LogP contribution in [-0.2, 0) is 0 Å². The summed E-state index contributed by atoms with van der Waals surface area (Å²) in [5, 5.41) is 15.7. The van der Waals surface area contributed by atoms with E-state index in [1.54, 1.807) is 7.11 Å². The average Bonchev–Trinajstić information content (AvgIpc) is 2.58. The number of aliphatic hydroxyl groups is 1. The quantitative estimate of drug-likeness (QED) is 0.748. The summed E-state index contributed by atoms with van der Waals surface area (Å²) >= 11 is 0. The Labute approximate surface area is 144 Å². The molecule has 0 aromatic heterocycles. The number of methoxy groups -OCH3 is 1. The van der Waals surface area contributed by atoms with Gasteiger partial charge < -0.3 is 20.5 Å². The minimum atomic E-state index is -0.212. The number of rotatable bonds is 6. The molecule has 0 radical (unpaired) electrons. The summed E-state index contributed by atoms with van der Waals surface area (Å²) in [6, 6.07) is 7.60. The lowest BCUT2D eigenvalue weighted by Gasteiger charge is -2.27. The van der Waals surface area contributed by atoms with E-state index in [1.165, 1.54) is 0 Å². The van der Waals surface area contributed by atoms with Gasteiger partial charge in [-0.1, -0.05) is 32.4 Å². The first-order chi connectivity index (χ1) is 11.5. The minimum absolute atomic E-state index is 0.0483. The molecule has 1 aromatic rings. The van der Waals surface area contributed by atoms with E-state index in [-0.39, 0.29) is 24.1 Å². The summed E-state index contributed by atoms with van der Waals surface area (Å²) < 4.78 is 5.18. The molecular formula is C19H30N2O3. The van der Waals surface area contributed by atoms with Gasteiger partial charge in [-0.15, -0.1) is 0 Å². The number of carbonyl (C=O) groups excluding carboxylic acids is 1. The molecule has 0 bridgehead atoms. The van der Waals surface area contributed by atoms with Crippen molar-refractivity contribution in [2.45, 2.75) is 51.7 Å². The van der Waals surface area contributed by atoms with Crippen LogP contribution in [-0.4, -0.2) is 30.9 Å². The first-order valence-electron chi connectivity index (χ1n) is 8.86. The smallest absolute Gasteiger partial charge is 0.315 e. The van der Waals surface area contributed by atoms with Crippen molar-refractivity contribution in [2.75, 3.05) is 13.7 Å². The number of nitrogens with one attached hydrogen (secondary N) is 2. The Morgan fingerprint density at radius 3 is 2.58 bits per heavy atom. The fourth-order valence-electron chi connectivity index (χ4n) is 3.32. The normalized spacial score (nSPS) is 22.0. The van der Waals surface area contributed by atoms with Crippen LogP contribution in [0.15, 0.2) is 24.3 Å². The van der Waals surface area contributed by atoms with Crippen LogP contribution in [0.5, 0.6) is 5.75 Å². The van der Waals surface area contributed by atoms with Crippen LogP contribution in [0.25, 0.3) is 0 Å². The molecule has 1 fully saturated rings. The van der Waals surface area contributed by atoms with Crippen LogP contribution >= 0.6 is 0 Å². The number of aliphatic hydroxyl groups excluding tert-OH is 1. The molecular weight excluding hydrogens is 304 g/mol. The zero-order valence-corrected chi connectivity index (χ0v) is 14.9. The van der Waals surface area contributed by atoms with Crippen LogP contribution in [0, 0.1) is 11.8 Å². The van der Waals surface area contributed by atoms with Crippen molar-refractivity contribution >= 4 is 6.03 Å². The monoisotopic (exact) mass is 334 g/mol. The summed E-state index contributed by atoms with van der Waals surface area (Å²) in [7, 11) is 1.64. The summed E-state index contributed by atoms with van der Waals surface area (Å²) in [5.74, 6) is 1.46. The van der Waals surface area contributed by atoms with Gasteiger partial charge in [0, 0.05) is 6.54 Å². The summed E-state index contributed by atoms with van der Waals surface area (Å²) in [6.07, 6.45) is 3.57. The average molecular weight is 334 g/mol. The SMILES string of the molecule is COc1ccc(C(NC(=O)NCC2CCCC(O)C2)C(C)C)cc1. The molecule has 1 saturated carbocycles. The fraction of sp³-hybridized carbons (Fsp3) is 0.632. The van der Waals surface area contributed by atoms with E-state index in [1.807, 2.05) is 24.3 Å². The van der Waals surface area contributed by atoms with Gasteiger partial charge >= 0.3 is 6.03 Å². The van der Waals surface area contributed by atoms with Gasteiger partial charge in [-0.3, -0.25) is 0 Å². The second-order valence-electron chi connectivity index (χ2n) is 7.04. The molecule has 0 spiro atoms. The van der Waals surface area contributed by atoms with Gasteiger partial charge in [0.2, 0.25) is 0 Å². The van der Waals surface area contributed by atoms with Crippen molar-refractivity contribution in [3.8, 4) is 5.75 Å². The minimum Gasteiger partial charge on any atom is -0.497 e. The van der Waals surface area contributed by atoms with Gasteiger partial charge in [0.15, 0.2) is 0 Å². The number of carbonyl (C=O) groups is 1. The lowest BCUT2D eigenvalue weighted by molar-refractivity contribution is 0.101. The highest BCUT2D eigenvalue weighted by atomic mass is 16.5. The Morgan fingerprint density at radius 2 is 2.00 bits per heavy atom. The predicted molar refractivity (Wildman–Crippen MR) is 95.1 cm³/mol. The van der Waals surface area contributed by atoms with Crippen LogP contribution < -0.4 is 15.4 Å². The topological polar surface area (TPSA) is 70.6 Å². The molecule has 1 aromatic carbocycles. The maximum Gasteiger partial charge on any atom is 0.315 e. The van der Waals surface area contributed by atoms with Crippen molar-refractivity contribution in [1.29, 1.82) is 0 Å². The molecule has 3 N–H and O–H groups in total. The van der Waals surface area contributed by atoms with E-state index in [0.717, 1.165) is 37.0 Å². The van der Waals surface area contributed by atoms with Gasteiger partial charge in [0.25, 0.3) is 0 Å². The molecule has 2 rings (SSSR count). The van der Waals surface area contributed by atoms with Crippen LogP contribution in [0.4, 0.5) is 4.79 Å². The lowest BCUT2D eigenvalue weighted by atomic mass is 9.87. The van der Waals surface area contributed by atoms with Gasteiger partial charge in [0.05, 0.1) is 19.3 Å². The molecule has 5 heteroatoms.